The number of nitrogens with zero attached hydrogens (tertiary/aromatic N) is 2. The van der Waals surface area contributed by atoms with Crippen molar-refractivity contribution in [2.24, 2.45) is 4.99 Å². The standard InChI is InChI=1S/C23H31FN4O2/c1-25-23(26-10-7-17-5-4-6-18(24)13-17)27-19-8-11-28(12-9-19)20-14-21(29-2)16-22(15-20)30-3/h4-6,13-16,19H,7-12H2,1-3H3,(H2,25,26,27). The molecular formula is C23H31FN4O2. The maximum atomic E-state index is 13.3. The molecule has 1 heterocycles. The maximum Gasteiger partial charge on any atom is 0.191 e. The molecule has 0 radical (unpaired) electrons. The summed E-state index contributed by atoms with van der Waals surface area (Å²) in [5.74, 6) is 2.18. The summed E-state index contributed by atoms with van der Waals surface area (Å²) in [6, 6.07) is 13.0. The summed E-state index contributed by atoms with van der Waals surface area (Å²) in [6.45, 7) is 2.58. The number of guanidine groups is 1. The van der Waals surface area contributed by atoms with Gasteiger partial charge in [-0.05, 0) is 37.0 Å². The smallest absolute Gasteiger partial charge is 0.191 e. The van der Waals surface area contributed by atoms with Crippen LogP contribution in [0.15, 0.2) is 47.5 Å². The largest absolute Gasteiger partial charge is 0.497 e. The van der Waals surface area contributed by atoms with E-state index in [1.165, 1.54) is 6.07 Å². The Kier molecular flexibility index (Phi) is 7.76. The fourth-order valence-electron chi connectivity index (χ4n) is 3.66. The zero-order valence-corrected chi connectivity index (χ0v) is 18.0. The third-order valence-corrected chi connectivity index (χ3v) is 5.36. The van der Waals surface area contributed by atoms with Crippen molar-refractivity contribution in [3.63, 3.8) is 0 Å². The third kappa shape index (κ3) is 6.02. The predicted octanol–water partition coefficient (Wildman–Crippen LogP) is 3.22. The number of piperidine rings is 1. The second kappa shape index (κ2) is 10.7. The van der Waals surface area contributed by atoms with E-state index in [0.29, 0.717) is 12.6 Å². The molecular weight excluding hydrogens is 383 g/mol. The van der Waals surface area contributed by atoms with Gasteiger partial charge in [0.05, 0.1) is 14.2 Å². The van der Waals surface area contributed by atoms with E-state index in [1.54, 1.807) is 33.4 Å². The van der Waals surface area contributed by atoms with Crippen LogP contribution >= 0.6 is 0 Å². The van der Waals surface area contributed by atoms with E-state index >= 15 is 0 Å². The molecule has 6 nitrogen and oxygen atoms in total. The Balaban J connectivity index is 1.47. The van der Waals surface area contributed by atoms with Gasteiger partial charge in [0, 0.05) is 56.6 Å². The highest BCUT2D eigenvalue weighted by atomic mass is 19.1. The molecule has 0 amide bonds. The highest BCUT2D eigenvalue weighted by Crippen LogP contribution is 2.30. The van der Waals surface area contributed by atoms with E-state index in [4.69, 9.17) is 9.47 Å². The average Bonchev–Trinajstić information content (AvgIpc) is 2.78. The summed E-state index contributed by atoms with van der Waals surface area (Å²) < 4.78 is 24.1. The number of benzene rings is 2. The molecule has 1 aliphatic heterocycles. The van der Waals surface area contributed by atoms with Crippen LogP contribution in [0.1, 0.15) is 18.4 Å². The molecule has 0 saturated carbocycles. The van der Waals surface area contributed by atoms with E-state index in [0.717, 1.165) is 61.1 Å². The van der Waals surface area contributed by atoms with Gasteiger partial charge in [0.25, 0.3) is 0 Å². The van der Waals surface area contributed by atoms with Gasteiger partial charge in [0.2, 0.25) is 0 Å². The molecule has 2 N–H and O–H groups in total. The van der Waals surface area contributed by atoms with E-state index < -0.39 is 0 Å². The molecule has 0 bridgehead atoms. The summed E-state index contributed by atoms with van der Waals surface area (Å²) in [5.41, 5.74) is 2.09. The predicted molar refractivity (Wildman–Crippen MR) is 119 cm³/mol. The molecule has 0 spiro atoms. The summed E-state index contributed by atoms with van der Waals surface area (Å²) in [7, 11) is 5.11. The van der Waals surface area contributed by atoms with Gasteiger partial charge in [-0.2, -0.15) is 0 Å². The van der Waals surface area contributed by atoms with Crippen molar-refractivity contribution >= 4 is 11.6 Å². The van der Waals surface area contributed by atoms with E-state index in [-0.39, 0.29) is 5.82 Å². The number of halogens is 1. The number of nitrogens with one attached hydrogen (secondary N) is 2. The molecule has 3 rings (SSSR count). The van der Waals surface area contributed by atoms with Crippen LogP contribution in [0.4, 0.5) is 10.1 Å². The fourth-order valence-corrected chi connectivity index (χ4v) is 3.66. The van der Waals surface area contributed by atoms with Crippen molar-refractivity contribution in [3.8, 4) is 11.5 Å². The second-order valence-corrected chi connectivity index (χ2v) is 7.36. The zero-order valence-electron chi connectivity index (χ0n) is 18.0. The van der Waals surface area contributed by atoms with E-state index in [2.05, 4.69) is 20.5 Å². The quantitative estimate of drug-likeness (QED) is 0.538. The van der Waals surface area contributed by atoms with Gasteiger partial charge >= 0.3 is 0 Å². The Morgan fingerprint density at radius 2 is 1.80 bits per heavy atom. The van der Waals surface area contributed by atoms with Crippen molar-refractivity contribution in [1.82, 2.24) is 10.6 Å². The molecule has 162 valence electrons. The number of anilines is 1. The van der Waals surface area contributed by atoms with E-state index in [9.17, 15) is 4.39 Å². The lowest BCUT2D eigenvalue weighted by atomic mass is 10.0. The van der Waals surface area contributed by atoms with Crippen LogP contribution in [-0.4, -0.2) is 52.9 Å². The van der Waals surface area contributed by atoms with Crippen LogP contribution in [0.3, 0.4) is 0 Å². The topological polar surface area (TPSA) is 58.1 Å². The lowest BCUT2D eigenvalue weighted by Crippen LogP contribution is -2.49. The molecule has 7 heteroatoms. The Hall–Kier alpha value is -2.96. The van der Waals surface area contributed by atoms with Crippen molar-refractivity contribution < 1.29 is 13.9 Å². The lowest BCUT2D eigenvalue weighted by Gasteiger charge is -2.34. The van der Waals surface area contributed by atoms with Gasteiger partial charge in [0.15, 0.2) is 5.96 Å². The minimum absolute atomic E-state index is 0.199. The first-order chi connectivity index (χ1) is 14.6. The summed E-state index contributed by atoms with van der Waals surface area (Å²) in [5, 5.41) is 6.84. The van der Waals surface area contributed by atoms with Gasteiger partial charge in [0.1, 0.15) is 17.3 Å². The van der Waals surface area contributed by atoms with Gasteiger partial charge in [-0.3, -0.25) is 4.99 Å². The Morgan fingerprint density at radius 1 is 1.10 bits per heavy atom. The number of ether oxygens (including phenoxy) is 2. The zero-order chi connectivity index (χ0) is 21.3. The summed E-state index contributed by atoms with van der Waals surface area (Å²) in [6.07, 6.45) is 2.75. The number of hydrogen-bond acceptors (Lipinski definition) is 4. The average molecular weight is 415 g/mol. The van der Waals surface area contributed by atoms with Crippen molar-refractivity contribution in [2.75, 3.05) is 45.8 Å². The van der Waals surface area contributed by atoms with Gasteiger partial charge < -0.3 is 25.0 Å². The van der Waals surface area contributed by atoms with Crippen LogP contribution in [0, 0.1) is 5.82 Å². The van der Waals surface area contributed by atoms with E-state index in [1.807, 2.05) is 24.3 Å². The summed E-state index contributed by atoms with van der Waals surface area (Å²) in [4.78, 5) is 6.68. The SMILES string of the molecule is CN=C(NCCc1cccc(F)c1)NC1CCN(c2cc(OC)cc(OC)c2)CC1. The number of hydrogen-bond donors (Lipinski definition) is 2. The third-order valence-electron chi connectivity index (χ3n) is 5.36. The number of aliphatic imine (C=N–C) groups is 1. The fraction of sp³-hybridized carbons (Fsp3) is 0.435. The first kappa shape index (κ1) is 21.7. The molecule has 2 aromatic rings. The highest BCUT2D eigenvalue weighted by molar-refractivity contribution is 5.80. The molecule has 1 aliphatic rings. The number of rotatable bonds is 7. The molecule has 1 saturated heterocycles. The molecule has 1 fully saturated rings. The molecule has 2 aromatic carbocycles. The number of methoxy groups -OCH3 is 2. The second-order valence-electron chi connectivity index (χ2n) is 7.36. The van der Waals surface area contributed by atoms with Crippen LogP contribution in [0.5, 0.6) is 11.5 Å². The Labute approximate surface area is 178 Å². The first-order valence-corrected chi connectivity index (χ1v) is 10.3. The van der Waals surface area contributed by atoms with Crippen molar-refractivity contribution in [1.29, 1.82) is 0 Å². The molecule has 0 aliphatic carbocycles. The monoisotopic (exact) mass is 414 g/mol. The van der Waals surface area contributed by atoms with Crippen LogP contribution in [-0.2, 0) is 6.42 Å². The normalized spacial score (nSPS) is 15.1. The van der Waals surface area contributed by atoms with Crippen LogP contribution in [0.2, 0.25) is 0 Å². The lowest BCUT2D eigenvalue weighted by molar-refractivity contribution is 0.393. The minimum Gasteiger partial charge on any atom is -0.497 e. The molecule has 0 atom stereocenters. The Bertz CT molecular complexity index is 829. The first-order valence-electron chi connectivity index (χ1n) is 10.3. The van der Waals surface area contributed by atoms with Gasteiger partial charge in [-0.25, -0.2) is 4.39 Å². The molecule has 0 unspecified atom stereocenters. The van der Waals surface area contributed by atoms with Crippen molar-refractivity contribution in [2.45, 2.75) is 25.3 Å². The maximum absolute atomic E-state index is 13.3. The van der Waals surface area contributed by atoms with Crippen LogP contribution in [0.25, 0.3) is 0 Å². The van der Waals surface area contributed by atoms with Gasteiger partial charge in [-0.1, -0.05) is 12.1 Å². The molecule has 30 heavy (non-hydrogen) atoms. The van der Waals surface area contributed by atoms with Gasteiger partial charge in [-0.15, -0.1) is 0 Å². The molecule has 0 aromatic heterocycles. The highest BCUT2D eigenvalue weighted by Gasteiger charge is 2.21. The van der Waals surface area contributed by atoms with Crippen molar-refractivity contribution in [3.05, 3.63) is 53.8 Å². The Morgan fingerprint density at radius 3 is 2.40 bits per heavy atom. The summed E-state index contributed by atoms with van der Waals surface area (Å²) >= 11 is 0. The minimum atomic E-state index is -0.199. The van der Waals surface area contributed by atoms with Crippen LogP contribution < -0.4 is 25.0 Å².